The molecule has 4 heterocycles. The maximum atomic E-state index is 13.6. The van der Waals surface area contributed by atoms with E-state index in [1.807, 2.05) is 24.3 Å². The summed E-state index contributed by atoms with van der Waals surface area (Å²) in [6, 6.07) is 7.64. The van der Waals surface area contributed by atoms with Crippen LogP contribution < -0.4 is 9.61 Å². The van der Waals surface area contributed by atoms with Gasteiger partial charge in [0.15, 0.2) is 6.61 Å². The van der Waals surface area contributed by atoms with Crippen molar-refractivity contribution in [2.24, 2.45) is 29.6 Å². The zero-order valence-corrected chi connectivity index (χ0v) is 24.4. The Kier molecular flexibility index (Phi) is 7.14. The zero-order valence-electron chi connectivity index (χ0n) is 22.7. The molecule has 5 aliphatic rings. The second-order valence-corrected chi connectivity index (χ2v) is 13.8. The zero-order chi connectivity index (χ0) is 29.1. The number of hydrogen-bond donors (Lipinski definition) is 2. The first-order valence-corrected chi connectivity index (χ1v) is 16.1. The van der Waals surface area contributed by atoms with Gasteiger partial charge in [-0.15, -0.1) is 11.8 Å². The number of carboxylic acids is 1. The minimum Gasteiger partial charge on any atom is -0.484 e. The molecule has 0 radical (unpaired) electrons. The van der Waals surface area contributed by atoms with E-state index in [4.69, 9.17) is 14.6 Å². The van der Waals surface area contributed by atoms with Crippen LogP contribution in [-0.4, -0.2) is 88.3 Å². The molecule has 2 aromatic rings. The molecule has 2 saturated carbocycles. The average Bonchev–Trinajstić information content (AvgIpc) is 3.72. The van der Waals surface area contributed by atoms with Crippen molar-refractivity contribution in [2.45, 2.75) is 35.5 Å². The van der Waals surface area contributed by atoms with E-state index in [1.165, 1.54) is 16.2 Å². The van der Waals surface area contributed by atoms with Crippen LogP contribution in [0.3, 0.4) is 0 Å². The van der Waals surface area contributed by atoms with Crippen molar-refractivity contribution >= 4 is 46.8 Å². The van der Waals surface area contributed by atoms with Crippen LogP contribution in [0.4, 0.5) is 0 Å². The summed E-state index contributed by atoms with van der Waals surface area (Å²) in [5, 5.41) is 9.94. The van der Waals surface area contributed by atoms with E-state index in [-0.39, 0.29) is 83.4 Å². The number of carbonyl (C=O) groups excluding carboxylic acids is 3. The van der Waals surface area contributed by atoms with E-state index < -0.39 is 11.9 Å². The lowest BCUT2D eigenvalue weighted by Crippen LogP contribution is -2.43. The van der Waals surface area contributed by atoms with Crippen LogP contribution in [0.25, 0.3) is 0 Å². The standard InChI is InChI=1S/C29H31N3O8S2/c33-18(31-8-10-39-11-9-31)13-40-15-5-3-14(4-6-15)20-21-16-12-17(24(21)41-26-25(20)42-29(38)30-26)23-22(16)27(36)32(28(23)37)7-1-2-19(34)35/h3-6,16-17,20-24H,1-2,7-13H2,(H,30,38)(H,34,35)/t16?,17?,20-,21?,22?,23?,24?/m1/s1. The van der Waals surface area contributed by atoms with Gasteiger partial charge in [0, 0.05) is 42.1 Å². The summed E-state index contributed by atoms with van der Waals surface area (Å²) in [6.07, 6.45) is 0.951. The fourth-order valence-electron chi connectivity index (χ4n) is 7.88. The molecule has 13 heteroatoms. The molecule has 1 aromatic carbocycles. The topological polar surface area (TPSA) is 146 Å². The fourth-order valence-corrected chi connectivity index (χ4v) is 10.8. The van der Waals surface area contributed by atoms with Crippen LogP contribution in [0.2, 0.25) is 0 Å². The number of nitrogens with one attached hydrogen (secondary N) is 1. The Morgan fingerprint density at radius 2 is 1.76 bits per heavy atom. The number of nitrogens with zero attached hydrogens (tertiary/aromatic N) is 2. The van der Waals surface area contributed by atoms with Gasteiger partial charge in [0.05, 0.1) is 30.1 Å². The van der Waals surface area contributed by atoms with E-state index in [9.17, 15) is 24.0 Å². The molecular formula is C29H31N3O8S2. The van der Waals surface area contributed by atoms with Crippen molar-refractivity contribution in [1.82, 2.24) is 14.8 Å². The molecule has 3 amide bonds. The number of carbonyl (C=O) groups is 4. The summed E-state index contributed by atoms with van der Waals surface area (Å²) in [6.45, 7) is 2.26. The van der Waals surface area contributed by atoms with E-state index in [1.54, 1.807) is 16.7 Å². The number of aliphatic carboxylic acids is 1. The Morgan fingerprint density at radius 1 is 1.05 bits per heavy atom. The van der Waals surface area contributed by atoms with E-state index in [0.29, 0.717) is 32.1 Å². The van der Waals surface area contributed by atoms with Gasteiger partial charge in [0.1, 0.15) is 5.75 Å². The summed E-state index contributed by atoms with van der Waals surface area (Å²) in [5.41, 5.74) is 1.01. The Hall–Kier alpha value is -3.16. The second-order valence-electron chi connectivity index (χ2n) is 11.6. The number of amides is 3. The number of ether oxygens (including phenoxy) is 2. The molecule has 2 N–H and O–H groups in total. The van der Waals surface area contributed by atoms with Gasteiger partial charge in [-0.2, -0.15) is 0 Å². The quantitative estimate of drug-likeness (QED) is 0.427. The van der Waals surface area contributed by atoms with E-state index >= 15 is 0 Å². The number of morpholine rings is 1. The van der Waals surface area contributed by atoms with Gasteiger partial charge in [-0.05, 0) is 48.3 Å². The number of likely N-dealkylation sites (tertiary alicyclic amines) is 1. The molecule has 11 nitrogen and oxygen atoms in total. The average molecular weight is 614 g/mol. The molecular weight excluding hydrogens is 582 g/mol. The van der Waals surface area contributed by atoms with Gasteiger partial charge >= 0.3 is 10.8 Å². The Balaban J connectivity index is 1.13. The van der Waals surface area contributed by atoms with Gasteiger partial charge < -0.3 is 24.5 Å². The van der Waals surface area contributed by atoms with Gasteiger partial charge in [0.2, 0.25) is 11.8 Å². The minimum absolute atomic E-state index is 0.00385. The molecule has 2 aliphatic carbocycles. The Labute approximate surface area is 249 Å². The maximum absolute atomic E-state index is 13.6. The number of carboxylic acid groups (broad SMARTS) is 1. The fraction of sp³-hybridized carbons (Fsp3) is 0.552. The highest BCUT2D eigenvalue weighted by Crippen LogP contribution is 2.68. The number of hydrogen-bond acceptors (Lipinski definition) is 9. The number of benzene rings is 1. The Bertz CT molecular complexity index is 1480. The van der Waals surface area contributed by atoms with Crippen LogP contribution in [0.15, 0.2) is 34.1 Å². The first-order chi connectivity index (χ1) is 20.3. The molecule has 222 valence electrons. The third-order valence-electron chi connectivity index (χ3n) is 9.55. The third kappa shape index (κ3) is 4.56. The highest BCUT2D eigenvalue weighted by atomic mass is 32.2. The number of imide groups is 1. The summed E-state index contributed by atoms with van der Waals surface area (Å²) in [4.78, 5) is 69.9. The Morgan fingerprint density at radius 3 is 2.48 bits per heavy atom. The lowest BCUT2D eigenvalue weighted by Gasteiger charge is -2.43. The van der Waals surface area contributed by atoms with Crippen LogP contribution in [-0.2, 0) is 23.9 Å². The van der Waals surface area contributed by atoms with Crippen molar-refractivity contribution in [3.05, 3.63) is 44.4 Å². The van der Waals surface area contributed by atoms with Crippen molar-refractivity contribution in [2.75, 3.05) is 39.5 Å². The largest absolute Gasteiger partial charge is 0.484 e. The molecule has 2 bridgehead atoms. The number of rotatable bonds is 8. The lowest BCUT2D eigenvalue weighted by atomic mass is 9.68. The van der Waals surface area contributed by atoms with E-state index in [0.717, 1.165) is 21.9 Å². The van der Waals surface area contributed by atoms with Gasteiger partial charge in [-0.25, -0.2) is 0 Å². The predicted molar refractivity (Wildman–Crippen MR) is 151 cm³/mol. The number of aromatic amines is 1. The van der Waals surface area contributed by atoms with Crippen LogP contribution >= 0.6 is 23.1 Å². The normalized spacial score (nSPS) is 31.2. The first-order valence-electron chi connectivity index (χ1n) is 14.4. The molecule has 3 aliphatic heterocycles. The van der Waals surface area contributed by atoms with Crippen LogP contribution in [0.1, 0.15) is 35.6 Å². The van der Waals surface area contributed by atoms with Gasteiger partial charge in [-0.1, -0.05) is 23.5 Å². The summed E-state index contributed by atoms with van der Waals surface area (Å²) >= 11 is 2.84. The predicted octanol–water partition coefficient (Wildman–Crippen LogP) is 2.01. The monoisotopic (exact) mass is 613 g/mol. The number of H-pyrrole nitrogens is 1. The molecule has 0 spiro atoms. The summed E-state index contributed by atoms with van der Waals surface area (Å²) in [5.74, 6) is -1.60. The van der Waals surface area contributed by atoms with Gasteiger partial charge in [-0.3, -0.25) is 28.9 Å². The van der Waals surface area contributed by atoms with Crippen LogP contribution in [0.5, 0.6) is 5.75 Å². The molecule has 7 rings (SSSR count). The lowest BCUT2D eigenvalue weighted by molar-refractivity contribution is -0.142. The first kappa shape index (κ1) is 27.7. The molecule has 1 aromatic heterocycles. The van der Waals surface area contributed by atoms with E-state index in [2.05, 4.69) is 4.98 Å². The number of fused-ring (bicyclic) bond motifs is 9. The molecule has 42 heavy (non-hydrogen) atoms. The van der Waals surface area contributed by atoms with Crippen molar-refractivity contribution in [3.8, 4) is 5.75 Å². The minimum atomic E-state index is -0.945. The second kappa shape index (κ2) is 10.8. The SMILES string of the molecule is O=C(O)CCCN1C(=O)C2C3CC(C2C1=O)C1C3Sc2[nH]c(=O)sc2[C@@H]1c1ccc(OCC(=O)N2CCOCC2)cc1. The number of thioether (sulfide) groups is 1. The number of thiazole rings is 1. The van der Waals surface area contributed by atoms with Crippen LogP contribution in [0, 0.1) is 29.6 Å². The third-order valence-corrected chi connectivity index (χ3v) is 12.1. The number of aromatic nitrogens is 1. The van der Waals surface area contributed by atoms with Gasteiger partial charge in [0.25, 0.3) is 5.91 Å². The highest BCUT2D eigenvalue weighted by Gasteiger charge is 2.69. The van der Waals surface area contributed by atoms with Crippen molar-refractivity contribution < 1.29 is 33.8 Å². The molecule has 4 fully saturated rings. The van der Waals surface area contributed by atoms with Crippen molar-refractivity contribution in [1.29, 1.82) is 0 Å². The smallest absolute Gasteiger partial charge is 0.305 e. The highest BCUT2D eigenvalue weighted by molar-refractivity contribution is 8.00. The molecule has 2 saturated heterocycles. The molecule has 6 unspecified atom stereocenters. The van der Waals surface area contributed by atoms with Crippen molar-refractivity contribution in [3.63, 3.8) is 0 Å². The summed E-state index contributed by atoms with van der Waals surface area (Å²) in [7, 11) is 0. The summed E-state index contributed by atoms with van der Waals surface area (Å²) < 4.78 is 11.1. The molecule has 7 atom stereocenters. The maximum Gasteiger partial charge on any atom is 0.305 e.